The number of hydrogen-bond acceptors (Lipinski definition) is 3. The van der Waals surface area contributed by atoms with Crippen molar-refractivity contribution >= 4 is 17.7 Å². The number of amides is 1. The van der Waals surface area contributed by atoms with E-state index in [0.29, 0.717) is 10.8 Å². The molecule has 1 saturated carbocycles. The summed E-state index contributed by atoms with van der Waals surface area (Å²) in [4.78, 5) is 16.3. The van der Waals surface area contributed by atoms with Crippen LogP contribution in [0.1, 0.15) is 38.5 Å². The van der Waals surface area contributed by atoms with Crippen molar-refractivity contribution in [1.29, 1.82) is 0 Å². The van der Waals surface area contributed by atoms with Crippen LogP contribution in [-0.4, -0.2) is 49.6 Å². The molecule has 1 aliphatic carbocycles. The third-order valence-corrected chi connectivity index (χ3v) is 5.14. The standard InChI is InChI=1S/C19H29ClN2O2/c1-21(2)14-4-5-15-6-10-17(11-7-15)22(3)19(23)24-18-12-8-16(20)9-13-18/h8-9,12-13,15,17H,4-7,10-11,14H2,1-3H3/t15-,17-. The van der Waals surface area contributed by atoms with Crippen LogP contribution in [0.2, 0.25) is 5.02 Å². The van der Waals surface area contributed by atoms with Gasteiger partial charge in [0.25, 0.3) is 0 Å². The van der Waals surface area contributed by atoms with Crippen LogP contribution >= 0.6 is 11.6 Å². The summed E-state index contributed by atoms with van der Waals surface area (Å²) in [5.74, 6) is 1.34. The van der Waals surface area contributed by atoms with Crippen LogP contribution in [0.15, 0.2) is 24.3 Å². The van der Waals surface area contributed by atoms with Gasteiger partial charge in [0, 0.05) is 18.1 Å². The molecule has 0 aliphatic heterocycles. The molecule has 1 amide bonds. The molecule has 0 heterocycles. The number of rotatable bonds is 6. The first-order valence-corrected chi connectivity index (χ1v) is 9.18. The highest BCUT2D eigenvalue weighted by molar-refractivity contribution is 6.30. The Hall–Kier alpha value is -1.26. The monoisotopic (exact) mass is 352 g/mol. The lowest BCUT2D eigenvalue weighted by molar-refractivity contribution is 0.123. The summed E-state index contributed by atoms with van der Waals surface area (Å²) in [6, 6.07) is 7.17. The maximum atomic E-state index is 12.3. The van der Waals surface area contributed by atoms with Gasteiger partial charge >= 0.3 is 6.09 Å². The zero-order valence-electron chi connectivity index (χ0n) is 15.0. The van der Waals surface area contributed by atoms with E-state index in [-0.39, 0.29) is 12.1 Å². The van der Waals surface area contributed by atoms with Crippen LogP contribution in [0.25, 0.3) is 0 Å². The molecule has 0 aromatic heterocycles. The van der Waals surface area contributed by atoms with Gasteiger partial charge in [0.1, 0.15) is 5.75 Å². The Bertz CT molecular complexity index is 511. The molecule has 134 valence electrons. The molecule has 5 heteroatoms. The van der Waals surface area contributed by atoms with Gasteiger partial charge in [0.05, 0.1) is 0 Å². The van der Waals surface area contributed by atoms with E-state index < -0.39 is 0 Å². The van der Waals surface area contributed by atoms with E-state index in [1.165, 1.54) is 25.7 Å². The number of ether oxygens (including phenoxy) is 1. The van der Waals surface area contributed by atoms with Crippen molar-refractivity contribution in [2.24, 2.45) is 5.92 Å². The van der Waals surface area contributed by atoms with E-state index in [1.54, 1.807) is 29.2 Å². The first kappa shape index (κ1) is 19.1. The second-order valence-electron chi connectivity index (χ2n) is 7.05. The zero-order chi connectivity index (χ0) is 17.5. The lowest BCUT2D eigenvalue weighted by Gasteiger charge is -2.34. The van der Waals surface area contributed by atoms with Crippen LogP contribution in [0.4, 0.5) is 4.79 Å². The maximum Gasteiger partial charge on any atom is 0.415 e. The van der Waals surface area contributed by atoms with Gasteiger partial charge in [-0.2, -0.15) is 0 Å². The Kier molecular flexibility index (Phi) is 7.38. The minimum absolute atomic E-state index is 0.284. The number of nitrogens with zero attached hydrogens (tertiary/aromatic N) is 2. The summed E-state index contributed by atoms with van der Waals surface area (Å²) in [7, 11) is 6.09. The Morgan fingerprint density at radius 2 is 1.75 bits per heavy atom. The van der Waals surface area contributed by atoms with Gasteiger partial charge in [0.15, 0.2) is 0 Å². The number of carbonyl (C=O) groups is 1. The third kappa shape index (κ3) is 5.99. The summed E-state index contributed by atoms with van der Waals surface area (Å²) < 4.78 is 5.43. The largest absolute Gasteiger partial charge is 0.415 e. The van der Waals surface area contributed by atoms with Gasteiger partial charge in [-0.3, -0.25) is 0 Å². The van der Waals surface area contributed by atoms with Gasteiger partial charge in [-0.1, -0.05) is 11.6 Å². The summed E-state index contributed by atoms with van der Waals surface area (Å²) in [6.07, 6.45) is 6.82. The molecule has 0 spiro atoms. The van der Waals surface area contributed by atoms with E-state index in [4.69, 9.17) is 16.3 Å². The van der Waals surface area contributed by atoms with Gasteiger partial charge in [-0.25, -0.2) is 4.79 Å². The van der Waals surface area contributed by atoms with E-state index in [9.17, 15) is 4.79 Å². The van der Waals surface area contributed by atoms with E-state index in [1.807, 2.05) is 7.05 Å². The Morgan fingerprint density at radius 3 is 2.33 bits per heavy atom. The van der Waals surface area contributed by atoms with Gasteiger partial charge in [-0.05, 0) is 89.3 Å². The molecule has 1 aromatic carbocycles. The van der Waals surface area contributed by atoms with Gasteiger partial charge < -0.3 is 14.5 Å². The van der Waals surface area contributed by atoms with E-state index >= 15 is 0 Å². The molecule has 0 N–H and O–H groups in total. The highest BCUT2D eigenvalue weighted by Gasteiger charge is 2.27. The first-order valence-electron chi connectivity index (χ1n) is 8.80. The summed E-state index contributed by atoms with van der Waals surface area (Å²) in [6.45, 7) is 1.16. The zero-order valence-corrected chi connectivity index (χ0v) is 15.8. The van der Waals surface area contributed by atoms with Gasteiger partial charge in [0.2, 0.25) is 0 Å². The van der Waals surface area contributed by atoms with Crippen LogP contribution in [-0.2, 0) is 0 Å². The Morgan fingerprint density at radius 1 is 1.12 bits per heavy atom. The van der Waals surface area contributed by atoms with Gasteiger partial charge in [-0.15, -0.1) is 0 Å². The van der Waals surface area contributed by atoms with E-state index in [2.05, 4.69) is 19.0 Å². The topological polar surface area (TPSA) is 32.8 Å². The van der Waals surface area contributed by atoms with Crippen LogP contribution in [0, 0.1) is 5.92 Å². The molecular weight excluding hydrogens is 324 g/mol. The summed E-state index contributed by atoms with van der Waals surface area (Å²) >= 11 is 5.85. The van der Waals surface area contributed by atoms with Crippen molar-refractivity contribution < 1.29 is 9.53 Å². The average Bonchev–Trinajstić information content (AvgIpc) is 2.56. The van der Waals surface area contributed by atoms with Crippen molar-refractivity contribution in [2.45, 2.75) is 44.6 Å². The maximum absolute atomic E-state index is 12.3. The molecule has 2 rings (SSSR count). The molecule has 0 bridgehead atoms. The molecule has 1 fully saturated rings. The van der Waals surface area contributed by atoms with Crippen molar-refractivity contribution in [3.8, 4) is 5.75 Å². The predicted octanol–water partition coefficient (Wildman–Crippen LogP) is 4.67. The second-order valence-corrected chi connectivity index (χ2v) is 7.49. The molecular formula is C19H29ClN2O2. The van der Waals surface area contributed by atoms with Crippen molar-refractivity contribution in [2.75, 3.05) is 27.7 Å². The quantitative estimate of drug-likeness (QED) is 0.745. The lowest BCUT2D eigenvalue weighted by Crippen LogP contribution is -2.41. The SMILES string of the molecule is CN(C)CCC[C@H]1CC[C@H](N(C)C(=O)Oc2ccc(Cl)cc2)CC1. The fourth-order valence-corrected chi connectivity index (χ4v) is 3.47. The lowest BCUT2D eigenvalue weighted by atomic mass is 9.83. The summed E-state index contributed by atoms with van der Waals surface area (Å²) in [5.41, 5.74) is 0. The third-order valence-electron chi connectivity index (χ3n) is 4.89. The first-order chi connectivity index (χ1) is 11.5. The number of hydrogen-bond donors (Lipinski definition) is 0. The molecule has 0 unspecified atom stereocenters. The average molecular weight is 353 g/mol. The second kappa shape index (κ2) is 9.28. The normalized spacial score (nSPS) is 20.9. The van der Waals surface area contributed by atoms with Crippen molar-refractivity contribution in [3.63, 3.8) is 0 Å². The molecule has 1 aromatic rings. The highest BCUT2D eigenvalue weighted by atomic mass is 35.5. The molecule has 0 radical (unpaired) electrons. The molecule has 0 saturated heterocycles. The fraction of sp³-hybridized carbons (Fsp3) is 0.632. The fourth-order valence-electron chi connectivity index (χ4n) is 3.34. The number of halogens is 1. The van der Waals surface area contributed by atoms with Crippen LogP contribution < -0.4 is 4.74 Å². The molecule has 0 atom stereocenters. The predicted molar refractivity (Wildman–Crippen MR) is 98.8 cm³/mol. The summed E-state index contributed by atoms with van der Waals surface area (Å²) in [5, 5.41) is 0.635. The van der Waals surface area contributed by atoms with Crippen molar-refractivity contribution in [3.05, 3.63) is 29.3 Å². The smallest absolute Gasteiger partial charge is 0.410 e. The number of carbonyl (C=O) groups excluding carboxylic acids is 1. The Labute approximate surface area is 150 Å². The van der Waals surface area contributed by atoms with E-state index in [0.717, 1.165) is 25.3 Å². The van der Waals surface area contributed by atoms with Crippen LogP contribution in [0.5, 0.6) is 5.75 Å². The minimum atomic E-state index is -0.284. The highest BCUT2D eigenvalue weighted by Crippen LogP contribution is 2.30. The Balaban J connectivity index is 1.74. The molecule has 1 aliphatic rings. The number of benzene rings is 1. The van der Waals surface area contributed by atoms with Crippen LogP contribution in [0.3, 0.4) is 0 Å². The molecule has 24 heavy (non-hydrogen) atoms. The van der Waals surface area contributed by atoms with Crippen molar-refractivity contribution in [1.82, 2.24) is 9.80 Å². The molecule has 4 nitrogen and oxygen atoms in total. The minimum Gasteiger partial charge on any atom is -0.410 e.